The quantitative estimate of drug-likeness (QED) is 0.855. The lowest BCUT2D eigenvalue weighted by molar-refractivity contribution is -0.137. The van der Waals surface area contributed by atoms with Crippen molar-refractivity contribution in [1.82, 2.24) is 19.7 Å². The van der Waals surface area contributed by atoms with Crippen LogP contribution in [0.2, 0.25) is 0 Å². The average molecular weight is 286 g/mol. The summed E-state index contributed by atoms with van der Waals surface area (Å²) in [5.41, 5.74) is 1.11. The number of methoxy groups -OCH3 is 1. The van der Waals surface area contributed by atoms with E-state index in [1.807, 2.05) is 46.7 Å². The van der Waals surface area contributed by atoms with Crippen LogP contribution < -0.4 is 0 Å². The summed E-state index contributed by atoms with van der Waals surface area (Å²) in [6.45, 7) is 3.32. The number of nitrogens with zero attached hydrogens (tertiary/aromatic N) is 4. The highest BCUT2D eigenvalue weighted by Gasteiger charge is 2.32. The second-order valence-electron chi connectivity index (χ2n) is 5.19. The SMILES string of the molecule is COCc1nnc2n1[C@@H](C)C(=O)N(Cc1ccccc1)C2. The molecule has 2 aromatic rings. The van der Waals surface area contributed by atoms with Gasteiger partial charge in [0.1, 0.15) is 12.6 Å². The molecule has 0 unspecified atom stereocenters. The van der Waals surface area contributed by atoms with Crippen LogP contribution in [0.5, 0.6) is 0 Å². The second kappa shape index (κ2) is 5.65. The zero-order valence-corrected chi connectivity index (χ0v) is 12.2. The minimum absolute atomic E-state index is 0.0866. The summed E-state index contributed by atoms with van der Waals surface area (Å²) in [4.78, 5) is 14.4. The standard InChI is InChI=1S/C15H18N4O2/c1-11-15(20)18(8-12-6-4-3-5-7-12)9-13-16-17-14(10-21-2)19(11)13/h3-7,11H,8-10H2,1-2H3/t11-/m0/s1. The molecule has 1 amide bonds. The third kappa shape index (κ3) is 2.54. The second-order valence-corrected chi connectivity index (χ2v) is 5.19. The van der Waals surface area contributed by atoms with E-state index < -0.39 is 0 Å². The first-order chi connectivity index (χ1) is 10.2. The van der Waals surface area contributed by atoms with Gasteiger partial charge in [-0.25, -0.2) is 0 Å². The number of rotatable bonds is 4. The Morgan fingerprint density at radius 1 is 1.29 bits per heavy atom. The van der Waals surface area contributed by atoms with Crippen molar-refractivity contribution in [2.24, 2.45) is 0 Å². The van der Waals surface area contributed by atoms with E-state index in [1.54, 1.807) is 7.11 Å². The van der Waals surface area contributed by atoms with E-state index in [0.29, 0.717) is 25.5 Å². The van der Waals surface area contributed by atoms with E-state index in [2.05, 4.69) is 10.2 Å². The molecule has 0 bridgehead atoms. The van der Waals surface area contributed by atoms with Gasteiger partial charge in [-0.2, -0.15) is 0 Å². The molecule has 0 saturated heterocycles. The summed E-state index contributed by atoms with van der Waals surface area (Å²) in [7, 11) is 1.61. The van der Waals surface area contributed by atoms with Crippen molar-refractivity contribution >= 4 is 5.91 Å². The van der Waals surface area contributed by atoms with Crippen LogP contribution in [0.1, 0.15) is 30.2 Å². The maximum atomic E-state index is 12.6. The molecule has 3 rings (SSSR count). The Kier molecular flexibility index (Phi) is 3.70. The van der Waals surface area contributed by atoms with Crippen molar-refractivity contribution in [1.29, 1.82) is 0 Å². The van der Waals surface area contributed by atoms with E-state index in [-0.39, 0.29) is 11.9 Å². The number of hydrogen-bond donors (Lipinski definition) is 0. The monoisotopic (exact) mass is 286 g/mol. The van der Waals surface area contributed by atoms with Crippen LogP contribution >= 0.6 is 0 Å². The summed E-state index contributed by atoms with van der Waals surface area (Å²) in [6, 6.07) is 9.68. The van der Waals surface area contributed by atoms with Gasteiger partial charge in [0.25, 0.3) is 0 Å². The van der Waals surface area contributed by atoms with Crippen LogP contribution in [0.15, 0.2) is 30.3 Å². The van der Waals surface area contributed by atoms with Gasteiger partial charge in [-0.05, 0) is 12.5 Å². The predicted octanol–water partition coefficient (Wildman–Crippen LogP) is 1.53. The summed E-state index contributed by atoms with van der Waals surface area (Å²) in [5, 5.41) is 8.31. The number of amides is 1. The number of carbonyl (C=O) groups is 1. The summed E-state index contributed by atoms with van der Waals surface area (Å²) >= 11 is 0. The first-order valence-corrected chi connectivity index (χ1v) is 6.95. The summed E-state index contributed by atoms with van der Waals surface area (Å²) in [6.07, 6.45) is 0. The number of fused-ring (bicyclic) bond motifs is 1. The van der Waals surface area contributed by atoms with Crippen LogP contribution in [-0.4, -0.2) is 32.7 Å². The molecule has 1 aliphatic rings. The molecule has 0 radical (unpaired) electrons. The fourth-order valence-corrected chi connectivity index (χ4v) is 2.70. The highest BCUT2D eigenvalue weighted by Crippen LogP contribution is 2.24. The molecule has 1 atom stereocenters. The van der Waals surface area contributed by atoms with Gasteiger partial charge < -0.3 is 9.64 Å². The van der Waals surface area contributed by atoms with E-state index in [0.717, 1.165) is 11.4 Å². The minimum Gasteiger partial charge on any atom is -0.377 e. The topological polar surface area (TPSA) is 60.3 Å². The first-order valence-electron chi connectivity index (χ1n) is 6.95. The summed E-state index contributed by atoms with van der Waals surface area (Å²) < 4.78 is 6.99. The Hall–Kier alpha value is -2.21. The van der Waals surface area contributed by atoms with Gasteiger partial charge in [-0.1, -0.05) is 30.3 Å². The van der Waals surface area contributed by atoms with Crippen LogP contribution in [-0.2, 0) is 29.2 Å². The van der Waals surface area contributed by atoms with Gasteiger partial charge in [0.15, 0.2) is 11.6 Å². The van der Waals surface area contributed by atoms with Crippen molar-refractivity contribution in [2.45, 2.75) is 32.7 Å². The molecule has 1 aliphatic heterocycles. The number of hydrogen-bond acceptors (Lipinski definition) is 4. The van der Waals surface area contributed by atoms with E-state index in [4.69, 9.17) is 4.74 Å². The van der Waals surface area contributed by atoms with Crippen molar-refractivity contribution < 1.29 is 9.53 Å². The minimum atomic E-state index is -0.294. The van der Waals surface area contributed by atoms with Crippen molar-refractivity contribution in [3.63, 3.8) is 0 Å². The Bertz CT molecular complexity index is 638. The van der Waals surface area contributed by atoms with Crippen LogP contribution in [0.25, 0.3) is 0 Å². The Balaban J connectivity index is 1.85. The highest BCUT2D eigenvalue weighted by molar-refractivity contribution is 5.81. The molecule has 0 saturated carbocycles. The van der Waals surface area contributed by atoms with Crippen molar-refractivity contribution in [3.8, 4) is 0 Å². The molecule has 0 fully saturated rings. The molecule has 0 spiro atoms. The van der Waals surface area contributed by atoms with Gasteiger partial charge in [-0.15, -0.1) is 10.2 Å². The molecule has 6 heteroatoms. The van der Waals surface area contributed by atoms with Gasteiger partial charge in [0.05, 0.1) is 6.54 Å². The fourth-order valence-electron chi connectivity index (χ4n) is 2.70. The largest absolute Gasteiger partial charge is 0.377 e. The Labute approximate surface area is 123 Å². The van der Waals surface area contributed by atoms with Crippen LogP contribution in [0.3, 0.4) is 0 Å². The molecule has 6 nitrogen and oxygen atoms in total. The smallest absolute Gasteiger partial charge is 0.246 e. The van der Waals surface area contributed by atoms with Gasteiger partial charge in [0.2, 0.25) is 5.91 Å². The molecule has 2 heterocycles. The predicted molar refractivity (Wildman–Crippen MR) is 76.1 cm³/mol. The zero-order chi connectivity index (χ0) is 14.8. The zero-order valence-electron chi connectivity index (χ0n) is 12.2. The van der Waals surface area contributed by atoms with Gasteiger partial charge in [-0.3, -0.25) is 9.36 Å². The molecule has 0 N–H and O–H groups in total. The maximum absolute atomic E-state index is 12.6. The number of carbonyl (C=O) groups excluding carboxylic acids is 1. The molecular weight excluding hydrogens is 268 g/mol. The highest BCUT2D eigenvalue weighted by atomic mass is 16.5. The van der Waals surface area contributed by atoms with Gasteiger partial charge >= 0.3 is 0 Å². The number of benzene rings is 1. The van der Waals surface area contributed by atoms with E-state index in [9.17, 15) is 4.79 Å². The first kappa shape index (κ1) is 13.8. The third-order valence-corrected chi connectivity index (χ3v) is 3.72. The molecule has 1 aromatic heterocycles. The van der Waals surface area contributed by atoms with E-state index in [1.165, 1.54) is 0 Å². The van der Waals surface area contributed by atoms with Crippen molar-refractivity contribution in [3.05, 3.63) is 47.5 Å². The third-order valence-electron chi connectivity index (χ3n) is 3.72. The molecule has 110 valence electrons. The summed E-state index contributed by atoms with van der Waals surface area (Å²) in [5.74, 6) is 1.60. The van der Waals surface area contributed by atoms with E-state index >= 15 is 0 Å². The lowest BCUT2D eigenvalue weighted by Gasteiger charge is -2.32. The number of aromatic nitrogens is 3. The molecule has 1 aromatic carbocycles. The van der Waals surface area contributed by atoms with Gasteiger partial charge in [0, 0.05) is 13.7 Å². The molecule has 21 heavy (non-hydrogen) atoms. The molecular formula is C15H18N4O2. The molecule has 0 aliphatic carbocycles. The maximum Gasteiger partial charge on any atom is 0.246 e. The lowest BCUT2D eigenvalue weighted by atomic mass is 10.1. The normalized spacial score (nSPS) is 17.9. The fraction of sp³-hybridized carbons (Fsp3) is 0.400. The van der Waals surface area contributed by atoms with Crippen molar-refractivity contribution in [2.75, 3.05) is 7.11 Å². The Morgan fingerprint density at radius 3 is 2.76 bits per heavy atom. The van der Waals surface area contributed by atoms with Crippen LogP contribution in [0.4, 0.5) is 0 Å². The number of ether oxygens (including phenoxy) is 1. The lowest BCUT2D eigenvalue weighted by Crippen LogP contribution is -2.41. The Morgan fingerprint density at radius 2 is 2.05 bits per heavy atom. The van der Waals surface area contributed by atoms with Crippen LogP contribution in [0, 0.1) is 0 Å². The average Bonchev–Trinajstić information content (AvgIpc) is 2.89.